The molecule has 0 aromatic heterocycles. The molecule has 1 aromatic carbocycles. The number of methoxy groups -OCH3 is 2. The van der Waals surface area contributed by atoms with Crippen LogP contribution >= 0.6 is 0 Å². The quantitative estimate of drug-likeness (QED) is 0.577. The number of guanidine groups is 1. The van der Waals surface area contributed by atoms with Crippen LogP contribution in [0, 0.1) is 5.41 Å². The number of benzene rings is 1. The lowest BCUT2D eigenvalue weighted by Crippen LogP contribution is -2.68. The Hall–Kier alpha value is -1.95. The molecular formula is C20H31N3O3. The van der Waals surface area contributed by atoms with Gasteiger partial charge in [-0.3, -0.25) is 4.99 Å². The molecule has 0 saturated heterocycles. The molecule has 6 nitrogen and oxygen atoms in total. The molecule has 2 N–H and O–H groups in total. The average Bonchev–Trinajstić information content (AvgIpc) is 2.61. The summed E-state index contributed by atoms with van der Waals surface area (Å²) in [5, 5.41) is 7.02. The fourth-order valence-electron chi connectivity index (χ4n) is 4.18. The van der Waals surface area contributed by atoms with Gasteiger partial charge in [-0.1, -0.05) is 12.5 Å². The molecule has 2 aliphatic rings. The highest BCUT2D eigenvalue weighted by atomic mass is 16.5. The number of rotatable bonds is 7. The third kappa shape index (κ3) is 3.47. The van der Waals surface area contributed by atoms with E-state index >= 15 is 0 Å². The Balaban J connectivity index is 1.56. The summed E-state index contributed by atoms with van der Waals surface area (Å²) >= 11 is 0. The van der Waals surface area contributed by atoms with E-state index in [0.717, 1.165) is 36.0 Å². The number of hydrogen-bond donors (Lipinski definition) is 2. The standard InChI is InChI=1S/C20H31N3O3/c1-5-26-18-12-17(20(18)9-6-10-20)23-19(21-2)22-13-14-7-8-15(24-3)16(11-14)25-4/h7-8,11,17-18H,5-6,9-10,12-13H2,1-4H3,(H2,21,22,23). The molecular weight excluding hydrogens is 330 g/mol. The van der Waals surface area contributed by atoms with Crippen LogP contribution < -0.4 is 20.1 Å². The van der Waals surface area contributed by atoms with Crippen molar-refractivity contribution in [3.63, 3.8) is 0 Å². The van der Waals surface area contributed by atoms with Gasteiger partial charge in [0.1, 0.15) is 0 Å². The minimum absolute atomic E-state index is 0.316. The third-order valence-electron chi connectivity index (χ3n) is 5.88. The zero-order valence-corrected chi connectivity index (χ0v) is 16.3. The van der Waals surface area contributed by atoms with Crippen molar-refractivity contribution >= 4 is 5.96 Å². The highest BCUT2D eigenvalue weighted by Crippen LogP contribution is 2.57. The maximum atomic E-state index is 5.93. The summed E-state index contributed by atoms with van der Waals surface area (Å²) in [7, 11) is 5.11. The molecule has 2 atom stereocenters. The summed E-state index contributed by atoms with van der Waals surface area (Å²) in [6.07, 6.45) is 5.27. The van der Waals surface area contributed by atoms with Crippen LogP contribution in [0.15, 0.2) is 23.2 Å². The Morgan fingerprint density at radius 3 is 2.58 bits per heavy atom. The van der Waals surface area contributed by atoms with Crippen LogP contribution in [0.25, 0.3) is 0 Å². The van der Waals surface area contributed by atoms with Crippen molar-refractivity contribution in [1.82, 2.24) is 10.6 Å². The van der Waals surface area contributed by atoms with Crippen molar-refractivity contribution in [1.29, 1.82) is 0 Å². The summed E-state index contributed by atoms with van der Waals surface area (Å²) < 4.78 is 16.6. The highest BCUT2D eigenvalue weighted by Gasteiger charge is 2.59. The van der Waals surface area contributed by atoms with Crippen LogP contribution in [0.5, 0.6) is 11.5 Å². The van der Waals surface area contributed by atoms with Gasteiger partial charge in [0.25, 0.3) is 0 Å². The van der Waals surface area contributed by atoms with E-state index in [1.54, 1.807) is 14.2 Å². The van der Waals surface area contributed by atoms with E-state index in [0.29, 0.717) is 24.1 Å². The number of nitrogens with zero attached hydrogens (tertiary/aromatic N) is 1. The normalized spacial score (nSPS) is 23.8. The minimum atomic E-state index is 0.316. The number of ether oxygens (including phenoxy) is 3. The third-order valence-corrected chi connectivity index (χ3v) is 5.88. The molecule has 2 saturated carbocycles. The monoisotopic (exact) mass is 361 g/mol. The van der Waals surface area contributed by atoms with Crippen molar-refractivity contribution in [2.75, 3.05) is 27.9 Å². The van der Waals surface area contributed by atoms with Gasteiger partial charge in [0.2, 0.25) is 0 Å². The van der Waals surface area contributed by atoms with Gasteiger partial charge in [-0.25, -0.2) is 0 Å². The summed E-state index contributed by atoms with van der Waals surface area (Å²) in [5.74, 6) is 2.31. The van der Waals surface area contributed by atoms with Crippen molar-refractivity contribution in [2.45, 2.75) is 51.3 Å². The first-order valence-corrected chi connectivity index (χ1v) is 9.46. The molecule has 0 bridgehead atoms. The topological polar surface area (TPSA) is 64.1 Å². The van der Waals surface area contributed by atoms with Crippen LogP contribution in [-0.2, 0) is 11.3 Å². The molecule has 2 aliphatic carbocycles. The lowest BCUT2D eigenvalue weighted by Gasteiger charge is -2.61. The maximum absolute atomic E-state index is 5.93. The summed E-state index contributed by atoms with van der Waals surface area (Å²) in [6, 6.07) is 6.39. The molecule has 0 radical (unpaired) electrons. The number of hydrogen-bond acceptors (Lipinski definition) is 4. The second kappa shape index (κ2) is 8.16. The molecule has 2 fully saturated rings. The summed E-state index contributed by atoms with van der Waals surface area (Å²) in [4.78, 5) is 4.39. The first-order chi connectivity index (χ1) is 12.7. The predicted molar refractivity (Wildman–Crippen MR) is 103 cm³/mol. The van der Waals surface area contributed by atoms with E-state index in [-0.39, 0.29) is 0 Å². The van der Waals surface area contributed by atoms with Crippen LogP contribution in [0.1, 0.15) is 38.2 Å². The van der Waals surface area contributed by atoms with Crippen molar-refractivity contribution < 1.29 is 14.2 Å². The van der Waals surface area contributed by atoms with Gasteiger partial charge >= 0.3 is 0 Å². The van der Waals surface area contributed by atoms with Crippen molar-refractivity contribution in [3.8, 4) is 11.5 Å². The molecule has 3 rings (SSSR count). The zero-order valence-electron chi connectivity index (χ0n) is 16.3. The molecule has 1 spiro atoms. The lowest BCUT2D eigenvalue weighted by atomic mass is 9.51. The van der Waals surface area contributed by atoms with Gasteiger partial charge in [0.15, 0.2) is 17.5 Å². The lowest BCUT2D eigenvalue weighted by molar-refractivity contribution is -0.168. The van der Waals surface area contributed by atoms with Gasteiger partial charge in [0.05, 0.1) is 20.3 Å². The predicted octanol–water partition coefficient (Wildman–Crippen LogP) is 2.72. The van der Waals surface area contributed by atoms with Gasteiger partial charge in [0, 0.05) is 31.7 Å². The Morgan fingerprint density at radius 2 is 2.00 bits per heavy atom. The van der Waals surface area contributed by atoms with Crippen molar-refractivity contribution in [3.05, 3.63) is 23.8 Å². The van der Waals surface area contributed by atoms with Crippen LogP contribution in [0.4, 0.5) is 0 Å². The van der Waals surface area contributed by atoms with Crippen LogP contribution in [0.2, 0.25) is 0 Å². The van der Waals surface area contributed by atoms with E-state index in [9.17, 15) is 0 Å². The second-order valence-electron chi connectivity index (χ2n) is 7.08. The Bertz CT molecular complexity index is 643. The Kier molecular flexibility index (Phi) is 5.91. The first kappa shape index (κ1) is 18.8. The summed E-state index contributed by atoms with van der Waals surface area (Å²) in [5.41, 5.74) is 1.43. The fraction of sp³-hybridized carbons (Fsp3) is 0.650. The Labute approximate surface area is 156 Å². The van der Waals surface area contributed by atoms with E-state index in [1.807, 2.05) is 25.2 Å². The Morgan fingerprint density at radius 1 is 1.23 bits per heavy atom. The van der Waals surface area contributed by atoms with E-state index in [2.05, 4.69) is 22.5 Å². The average molecular weight is 361 g/mol. The summed E-state index contributed by atoms with van der Waals surface area (Å²) in [6.45, 7) is 3.55. The number of aliphatic imine (C=N–C) groups is 1. The molecule has 6 heteroatoms. The highest BCUT2D eigenvalue weighted by molar-refractivity contribution is 5.80. The molecule has 0 amide bonds. The largest absolute Gasteiger partial charge is 0.493 e. The molecule has 0 heterocycles. The zero-order chi connectivity index (χ0) is 18.6. The number of nitrogens with one attached hydrogen (secondary N) is 2. The molecule has 144 valence electrons. The van der Waals surface area contributed by atoms with E-state index < -0.39 is 0 Å². The molecule has 26 heavy (non-hydrogen) atoms. The minimum Gasteiger partial charge on any atom is -0.493 e. The molecule has 0 aliphatic heterocycles. The smallest absolute Gasteiger partial charge is 0.191 e. The van der Waals surface area contributed by atoms with E-state index in [4.69, 9.17) is 14.2 Å². The maximum Gasteiger partial charge on any atom is 0.191 e. The van der Waals surface area contributed by atoms with Gasteiger partial charge in [-0.15, -0.1) is 0 Å². The second-order valence-corrected chi connectivity index (χ2v) is 7.08. The molecule has 1 aromatic rings. The van der Waals surface area contributed by atoms with Crippen molar-refractivity contribution in [2.24, 2.45) is 10.4 Å². The van der Waals surface area contributed by atoms with Gasteiger partial charge in [-0.2, -0.15) is 0 Å². The van der Waals surface area contributed by atoms with Gasteiger partial charge in [-0.05, 0) is 43.9 Å². The van der Waals surface area contributed by atoms with Crippen LogP contribution in [-0.4, -0.2) is 46.0 Å². The fourth-order valence-corrected chi connectivity index (χ4v) is 4.18. The molecule has 2 unspecified atom stereocenters. The van der Waals surface area contributed by atoms with Crippen LogP contribution in [0.3, 0.4) is 0 Å². The van der Waals surface area contributed by atoms with E-state index in [1.165, 1.54) is 19.3 Å². The van der Waals surface area contributed by atoms with Gasteiger partial charge < -0.3 is 24.8 Å². The SMILES string of the molecule is CCOC1CC(NC(=NC)NCc2ccc(OC)c(OC)c2)C12CCC2. The first-order valence-electron chi connectivity index (χ1n) is 9.46.